The largest absolute Gasteiger partial charge is 0.0724 e. The number of aryl methyl sites for hydroxylation is 2. The van der Waals surface area contributed by atoms with E-state index in [1.54, 1.807) is 0 Å². The smallest absolute Gasteiger partial charge is 0.0225 e. The molecule has 0 aliphatic heterocycles. The second kappa shape index (κ2) is 2.78. The summed E-state index contributed by atoms with van der Waals surface area (Å²) in [5, 5.41) is 0. The van der Waals surface area contributed by atoms with E-state index >= 15 is 0 Å². The fourth-order valence-corrected chi connectivity index (χ4v) is 1.76. The summed E-state index contributed by atoms with van der Waals surface area (Å²) in [4.78, 5) is 0. The zero-order valence-corrected chi connectivity index (χ0v) is 7.72. The van der Waals surface area contributed by atoms with Crippen LogP contribution in [0.1, 0.15) is 30.0 Å². The number of benzene rings is 1. The van der Waals surface area contributed by atoms with Gasteiger partial charge in [0.05, 0.1) is 0 Å². The predicted molar refractivity (Wildman–Crippen MR) is 53.2 cm³/mol. The lowest BCUT2D eigenvalue weighted by atomic mass is 9.92. The van der Waals surface area contributed by atoms with Crippen LogP contribution in [0.3, 0.4) is 0 Å². The number of hydrogen-bond donors (Lipinski definition) is 0. The molecule has 0 fully saturated rings. The Morgan fingerprint density at radius 1 is 1.08 bits per heavy atom. The number of allylic oxidation sites excluding steroid dienone is 1. The fraction of sp³-hybridized carbons (Fsp3) is 0.333. The van der Waals surface area contributed by atoms with Gasteiger partial charge in [-0.1, -0.05) is 35.4 Å². The Kier molecular flexibility index (Phi) is 1.76. The van der Waals surface area contributed by atoms with Crippen LogP contribution in [0.25, 0.3) is 6.08 Å². The van der Waals surface area contributed by atoms with Gasteiger partial charge in [-0.3, -0.25) is 0 Å². The second-order valence-corrected chi connectivity index (χ2v) is 3.69. The minimum absolute atomic E-state index is 1.22. The summed E-state index contributed by atoms with van der Waals surface area (Å²) in [5.41, 5.74) is 5.82. The van der Waals surface area contributed by atoms with Gasteiger partial charge in [-0.15, -0.1) is 0 Å². The summed E-state index contributed by atoms with van der Waals surface area (Å²) in [6.45, 7) is 4.37. The zero-order chi connectivity index (χ0) is 8.55. The van der Waals surface area contributed by atoms with Crippen LogP contribution in [0.2, 0.25) is 0 Å². The van der Waals surface area contributed by atoms with E-state index in [-0.39, 0.29) is 0 Å². The lowest BCUT2D eigenvalue weighted by Gasteiger charge is -2.13. The summed E-state index contributed by atoms with van der Waals surface area (Å²) in [6, 6.07) is 6.72. The van der Waals surface area contributed by atoms with E-state index in [2.05, 4.69) is 38.1 Å². The Hall–Kier alpha value is -1.04. The number of hydrogen-bond acceptors (Lipinski definition) is 0. The van der Waals surface area contributed by atoms with Crippen molar-refractivity contribution >= 4 is 6.08 Å². The molecule has 0 amide bonds. The Morgan fingerprint density at radius 2 is 1.92 bits per heavy atom. The maximum Gasteiger partial charge on any atom is -0.0225 e. The van der Waals surface area contributed by atoms with E-state index in [1.807, 2.05) is 0 Å². The maximum atomic E-state index is 2.30. The van der Waals surface area contributed by atoms with Crippen molar-refractivity contribution in [3.05, 3.63) is 40.5 Å². The molecule has 1 aromatic rings. The van der Waals surface area contributed by atoms with E-state index in [0.29, 0.717) is 0 Å². The summed E-state index contributed by atoms with van der Waals surface area (Å²) in [7, 11) is 0. The lowest BCUT2D eigenvalue weighted by molar-refractivity contribution is 0.925. The van der Waals surface area contributed by atoms with Crippen molar-refractivity contribution in [1.82, 2.24) is 0 Å². The van der Waals surface area contributed by atoms with E-state index in [0.717, 1.165) is 0 Å². The van der Waals surface area contributed by atoms with Gasteiger partial charge in [0.25, 0.3) is 0 Å². The molecule has 12 heavy (non-hydrogen) atoms. The van der Waals surface area contributed by atoms with Gasteiger partial charge in [0.2, 0.25) is 0 Å². The summed E-state index contributed by atoms with van der Waals surface area (Å²) in [5.74, 6) is 0. The van der Waals surface area contributed by atoms with Gasteiger partial charge < -0.3 is 0 Å². The molecule has 0 aromatic heterocycles. The first-order valence-electron chi connectivity index (χ1n) is 4.52. The molecule has 0 saturated heterocycles. The van der Waals surface area contributed by atoms with Gasteiger partial charge in [0.15, 0.2) is 0 Å². The lowest BCUT2D eigenvalue weighted by Crippen LogP contribution is -1.97. The highest BCUT2D eigenvalue weighted by Crippen LogP contribution is 2.23. The second-order valence-electron chi connectivity index (χ2n) is 3.69. The molecule has 0 spiro atoms. The molecule has 0 radical (unpaired) electrons. The van der Waals surface area contributed by atoms with Crippen molar-refractivity contribution in [1.29, 1.82) is 0 Å². The SMILES string of the molecule is CC1=Cc2ccc(C)cc2CC1. The standard InChI is InChI=1S/C12H14/c1-9-3-5-12-8-10(2)4-6-11(12)7-9/h3,5,7-8H,4,6H2,1-2H3. The average molecular weight is 158 g/mol. The van der Waals surface area contributed by atoms with Crippen molar-refractivity contribution in [2.24, 2.45) is 0 Å². The quantitative estimate of drug-likeness (QED) is 0.543. The summed E-state index contributed by atoms with van der Waals surface area (Å²) in [6.07, 6.45) is 4.76. The highest BCUT2D eigenvalue weighted by molar-refractivity contribution is 5.59. The molecular weight excluding hydrogens is 144 g/mol. The predicted octanol–water partition coefficient (Wildman–Crippen LogP) is 3.34. The van der Waals surface area contributed by atoms with E-state index < -0.39 is 0 Å². The normalized spacial score (nSPS) is 15.3. The van der Waals surface area contributed by atoms with E-state index in [1.165, 1.54) is 35.1 Å². The number of fused-ring (bicyclic) bond motifs is 1. The molecule has 0 atom stereocenters. The molecule has 0 heteroatoms. The Morgan fingerprint density at radius 3 is 2.75 bits per heavy atom. The highest BCUT2D eigenvalue weighted by Gasteiger charge is 2.06. The van der Waals surface area contributed by atoms with Crippen molar-refractivity contribution in [2.45, 2.75) is 26.7 Å². The molecule has 0 saturated carbocycles. The molecule has 62 valence electrons. The van der Waals surface area contributed by atoms with Crippen LogP contribution in [0.5, 0.6) is 0 Å². The van der Waals surface area contributed by atoms with Crippen LogP contribution < -0.4 is 0 Å². The van der Waals surface area contributed by atoms with Gasteiger partial charge in [-0.05, 0) is 37.8 Å². The van der Waals surface area contributed by atoms with Gasteiger partial charge in [-0.2, -0.15) is 0 Å². The van der Waals surface area contributed by atoms with Crippen LogP contribution >= 0.6 is 0 Å². The van der Waals surface area contributed by atoms with Crippen molar-refractivity contribution < 1.29 is 0 Å². The van der Waals surface area contributed by atoms with Crippen LogP contribution in [0.4, 0.5) is 0 Å². The molecule has 0 nitrogen and oxygen atoms in total. The monoisotopic (exact) mass is 158 g/mol. The Labute approximate surface area is 73.9 Å². The van der Waals surface area contributed by atoms with Crippen molar-refractivity contribution in [3.8, 4) is 0 Å². The Bertz CT molecular complexity index is 332. The van der Waals surface area contributed by atoms with Gasteiger partial charge in [0.1, 0.15) is 0 Å². The zero-order valence-electron chi connectivity index (χ0n) is 7.72. The molecule has 0 heterocycles. The van der Waals surface area contributed by atoms with E-state index in [9.17, 15) is 0 Å². The molecule has 0 N–H and O–H groups in total. The number of rotatable bonds is 0. The molecule has 1 aromatic carbocycles. The first-order chi connectivity index (χ1) is 5.75. The third kappa shape index (κ3) is 1.29. The van der Waals surface area contributed by atoms with Gasteiger partial charge in [-0.25, -0.2) is 0 Å². The molecule has 1 aliphatic rings. The molecule has 0 unspecified atom stereocenters. The van der Waals surface area contributed by atoms with Crippen LogP contribution in [-0.4, -0.2) is 0 Å². The topological polar surface area (TPSA) is 0 Å². The van der Waals surface area contributed by atoms with Crippen LogP contribution in [0.15, 0.2) is 23.8 Å². The van der Waals surface area contributed by atoms with Crippen LogP contribution in [-0.2, 0) is 6.42 Å². The fourth-order valence-electron chi connectivity index (χ4n) is 1.76. The van der Waals surface area contributed by atoms with Gasteiger partial charge in [0, 0.05) is 0 Å². The first kappa shape index (κ1) is 7.60. The molecule has 2 rings (SSSR count). The summed E-state index contributed by atoms with van der Waals surface area (Å²) >= 11 is 0. The van der Waals surface area contributed by atoms with Gasteiger partial charge >= 0.3 is 0 Å². The third-order valence-electron chi connectivity index (χ3n) is 2.49. The molecular formula is C12H14. The Balaban J connectivity index is 2.51. The third-order valence-corrected chi connectivity index (χ3v) is 2.49. The minimum atomic E-state index is 1.22. The summed E-state index contributed by atoms with van der Waals surface area (Å²) < 4.78 is 0. The average Bonchev–Trinajstić information content (AvgIpc) is 2.05. The highest BCUT2D eigenvalue weighted by atomic mass is 14.1. The molecule has 1 aliphatic carbocycles. The first-order valence-corrected chi connectivity index (χ1v) is 4.52. The van der Waals surface area contributed by atoms with Crippen LogP contribution in [0, 0.1) is 6.92 Å². The molecule has 0 bridgehead atoms. The van der Waals surface area contributed by atoms with Crippen molar-refractivity contribution in [2.75, 3.05) is 0 Å². The maximum absolute atomic E-state index is 2.30. The minimum Gasteiger partial charge on any atom is -0.0724 e. The van der Waals surface area contributed by atoms with E-state index in [4.69, 9.17) is 0 Å². The van der Waals surface area contributed by atoms with Crippen molar-refractivity contribution in [3.63, 3.8) is 0 Å².